The number of carbonyl (C=O) groups excluding carboxylic acids is 1. The number of fused-ring (bicyclic) bond motifs is 1. The molecule has 1 heterocycles. The van der Waals surface area contributed by atoms with Gasteiger partial charge in [0.1, 0.15) is 0 Å². The van der Waals surface area contributed by atoms with Crippen molar-refractivity contribution < 1.29 is 19.4 Å². The molecule has 2 aromatic rings. The van der Waals surface area contributed by atoms with Crippen LogP contribution in [0.1, 0.15) is 23.7 Å². The van der Waals surface area contributed by atoms with Crippen LogP contribution in [-0.2, 0) is 6.42 Å². The Labute approximate surface area is 146 Å². The van der Waals surface area contributed by atoms with Gasteiger partial charge in [-0.15, -0.1) is 0 Å². The molecule has 1 aliphatic heterocycles. The Hall–Kier alpha value is -2.73. The van der Waals surface area contributed by atoms with Crippen LogP contribution in [-0.4, -0.2) is 31.0 Å². The third-order valence-electron chi connectivity index (χ3n) is 4.03. The number of amides is 2. The van der Waals surface area contributed by atoms with Crippen LogP contribution in [0.25, 0.3) is 0 Å². The van der Waals surface area contributed by atoms with Crippen LogP contribution in [0.2, 0.25) is 0 Å². The summed E-state index contributed by atoms with van der Waals surface area (Å²) in [5.41, 5.74) is 1.93. The second kappa shape index (κ2) is 8.39. The van der Waals surface area contributed by atoms with Crippen LogP contribution in [0, 0.1) is 0 Å². The van der Waals surface area contributed by atoms with Crippen LogP contribution in [0.15, 0.2) is 48.5 Å². The van der Waals surface area contributed by atoms with Crippen molar-refractivity contribution in [1.82, 2.24) is 10.6 Å². The first-order chi connectivity index (χ1) is 12.2. The molecule has 2 amide bonds. The van der Waals surface area contributed by atoms with Crippen molar-refractivity contribution in [3.63, 3.8) is 0 Å². The van der Waals surface area contributed by atoms with Crippen LogP contribution >= 0.6 is 0 Å². The first kappa shape index (κ1) is 17.1. The van der Waals surface area contributed by atoms with Gasteiger partial charge in [0.25, 0.3) is 0 Å². The number of hydrogen-bond acceptors (Lipinski definition) is 4. The standard InChI is InChI=1S/C19H22N2O4/c22-16(15-6-7-17-18(12-15)25-13-24-17)9-11-21-19(23)20-10-8-14-4-2-1-3-5-14/h1-7,12,16,22H,8-11,13H2,(H2,20,21,23). The van der Waals surface area contributed by atoms with Gasteiger partial charge in [-0.25, -0.2) is 4.79 Å². The maximum Gasteiger partial charge on any atom is 0.314 e. The molecule has 25 heavy (non-hydrogen) atoms. The minimum Gasteiger partial charge on any atom is -0.454 e. The van der Waals surface area contributed by atoms with Gasteiger partial charge < -0.3 is 25.2 Å². The monoisotopic (exact) mass is 342 g/mol. The van der Waals surface area contributed by atoms with Gasteiger partial charge in [-0.3, -0.25) is 0 Å². The van der Waals surface area contributed by atoms with E-state index in [2.05, 4.69) is 10.6 Å². The van der Waals surface area contributed by atoms with E-state index in [9.17, 15) is 9.90 Å². The molecule has 132 valence electrons. The molecule has 0 radical (unpaired) electrons. The van der Waals surface area contributed by atoms with E-state index in [1.807, 2.05) is 30.3 Å². The van der Waals surface area contributed by atoms with Crippen molar-refractivity contribution >= 4 is 6.03 Å². The lowest BCUT2D eigenvalue weighted by Gasteiger charge is -2.13. The van der Waals surface area contributed by atoms with E-state index in [1.54, 1.807) is 18.2 Å². The van der Waals surface area contributed by atoms with Crippen molar-refractivity contribution in [3.05, 3.63) is 59.7 Å². The van der Waals surface area contributed by atoms with Gasteiger partial charge in [0, 0.05) is 13.1 Å². The molecule has 1 aliphatic rings. The summed E-state index contributed by atoms with van der Waals surface area (Å²) in [5, 5.41) is 15.8. The minimum absolute atomic E-state index is 0.208. The fourth-order valence-corrected chi connectivity index (χ4v) is 2.64. The summed E-state index contributed by atoms with van der Waals surface area (Å²) in [6.07, 6.45) is 0.541. The van der Waals surface area contributed by atoms with Crippen molar-refractivity contribution in [3.8, 4) is 11.5 Å². The average Bonchev–Trinajstić information content (AvgIpc) is 3.10. The van der Waals surface area contributed by atoms with Crippen molar-refractivity contribution in [2.45, 2.75) is 18.9 Å². The van der Waals surface area contributed by atoms with E-state index < -0.39 is 6.10 Å². The Morgan fingerprint density at radius 1 is 1.04 bits per heavy atom. The molecule has 1 unspecified atom stereocenters. The molecule has 3 rings (SSSR count). The maximum absolute atomic E-state index is 11.8. The SMILES string of the molecule is O=C(NCCc1ccccc1)NCCC(O)c1ccc2c(c1)OCO2. The molecule has 0 spiro atoms. The van der Waals surface area contributed by atoms with Crippen LogP contribution in [0.5, 0.6) is 11.5 Å². The number of aliphatic hydroxyl groups excluding tert-OH is 1. The Kier molecular flexibility index (Phi) is 5.74. The van der Waals surface area contributed by atoms with E-state index in [1.165, 1.54) is 5.56 Å². The largest absolute Gasteiger partial charge is 0.454 e. The number of carbonyl (C=O) groups is 1. The van der Waals surface area contributed by atoms with E-state index in [0.717, 1.165) is 12.0 Å². The number of aliphatic hydroxyl groups is 1. The zero-order valence-electron chi connectivity index (χ0n) is 13.9. The molecule has 1 atom stereocenters. The Morgan fingerprint density at radius 2 is 1.80 bits per heavy atom. The lowest BCUT2D eigenvalue weighted by atomic mass is 10.1. The molecule has 0 aromatic heterocycles. The molecule has 0 saturated carbocycles. The topological polar surface area (TPSA) is 79.8 Å². The first-order valence-electron chi connectivity index (χ1n) is 8.35. The summed E-state index contributed by atoms with van der Waals surface area (Å²) in [5.74, 6) is 1.33. The molecule has 0 fully saturated rings. The summed E-state index contributed by atoms with van der Waals surface area (Å²) >= 11 is 0. The maximum atomic E-state index is 11.8. The van der Waals surface area contributed by atoms with E-state index in [4.69, 9.17) is 9.47 Å². The molecular weight excluding hydrogens is 320 g/mol. The van der Waals surface area contributed by atoms with Crippen molar-refractivity contribution in [2.24, 2.45) is 0 Å². The second-order valence-electron chi connectivity index (χ2n) is 5.84. The number of hydrogen-bond donors (Lipinski definition) is 3. The molecule has 0 aliphatic carbocycles. The Balaban J connectivity index is 1.35. The minimum atomic E-state index is -0.667. The summed E-state index contributed by atoms with van der Waals surface area (Å²) in [6.45, 7) is 1.16. The third-order valence-corrected chi connectivity index (χ3v) is 4.03. The van der Waals surface area contributed by atoms with Crippen LogP contribution < -0.4 is 20.1 Å². The van der Waals surface area contributed by atoms with Gasteiger partial charge >= 0.3 is 6.03 Å². The van der Waals surface area contributed by atoms with E-state index in [-0.39, 0.29) is 12.8 Å². The third kappa shape index (κ3) is 4.87. The smallest absolute Gasteiger partial charge is 0.314 e. The van der Waals surface area contributed by atoms with Gasteiger partial charge in [0.2, 0.25) is 6.79 Å². The fraction of sp³-hybridized carbons (Fsp3) is 0.316. The number of ether oxygens (including phenoxy) is 2. The second-order valence-corrected chi connectivity index (χ2v) is 5.84. The predicted molar refractivity (Wildman–Crippen MR) is 93.7 cm³/mol. The number of nitrogens with one attached hydrogen (secondary N) is 2. The Morgan fingerprint density at radius 3 is 2.64 bits per heavy atom. The molecule has 6 heteroatoms. The fourth-order valence-electron chi connectivity index (χ4n) is 2.64. The highest BCUT2D eigenvalue weighted by Crippen LogP contribution is 2.34. The van der Waals surface area contributed by atoms with Gasteiger partial charge in [0.15, 0.2) is 11.5 Å². The van der Waals surface area contributed by atoms with E-state index in [0.29, 0.717) is 31.0 Å². The van der Waals surface area contributed by atoms with Gasteiger partial charge in [0.05, 0.1) is 6.10 Å². The molecule has 0 bridgehead atoms. The van der Waals surface area contributed by atoms with E-state index >= 15 is 0 Å². The molecule has 0 saturated heterocycles. The summed E-state index contributed by atoms with van der Waals surface area (Å²) in [7, 11) is 0. The predicted octanol–water partition coefficient (Wildman–Crippen LogP) is 2.38. The Bertz CT molecular complexity index is 706. The highest BCUT2D eigenvalue weighted by atomic mass is 16.7. The molecular formula is C19H22N2O4. The molecule has 3 N–H and O–H groups in total. The van der Waals surface area contributed by atoms with Crippen LogP contribution in [0.3, 0.4) is 0 Å². The first-order valence-corrected chi connectivity index (χ1v) is 8.35. The molecule has 2 aromatic carbocycles. The number of urea groups is 1. The summed E-state index contributed by atoms with van der Waals surface area (Å²) < 4.78 is 10.5. The van der Waals surface area contributed by atoms with Crippen molar-refractivity contribution in [1.29, 1.82) is 0 Å². The lowest BCUT2D eigenvalue weighted by molar-refractivity contribution is 0.165. The quantitative estimate of drug-likeness (QED) is 0.722. The lowest BCUT2D eigenvalue weighted by Crippen LogP contribution is -2.37. The normalized spacial score (nSPS) is 13.3. The highest BCUT2D eigenvalue weighted by molar-refractivity contribution is 5.73. The van der Waals surface area contributed by atoms with Gasteiger partial charge in [-0.2, -0.15) is 0 Å². The van der Waals surface area contributed by atoms with Gasteiger partial charge in [-0.05, 0) is 36.1 Å². The van der Waals surface area contributed by atoms with Crippen molar-refractivity contribution in [2.75, 3.05) is 19.9 Å². The molecule has 6 nitrogen and oxygen atoms in total. The number of rotatable bonds is 7. The zero-order valence-corrected chi connectivity index (χ0v) is 13.9. The van der Waals surface area contributed by atoms with Crippen LogP contribution in [0.4, 0.5) is 4.79 Å². The summed E-state index contributed by atoms with van der Waals surface area (Å²) in [6, 6.07) is 15.1. The summed E-state index contributed by atoms with van der Waals surface area (Å²) in [4.78, 5) is 11.8. The highest BCUT2D eigenvalue weighted by Gasteiger charge is 2.16. The average molecular weight is 342 g/mol. The van der Waals surface area contributed by atoms with Gasteiger partial charge in [-0.1, -0.05) is 36.4 Å². The zero-order chi connectivity index (χ0) is 17.5. The number of benzene rings is 2.